The zero-order valence-electron chi connectivity index (χ0n) is 11.6. The number of hydrogen-bond acceptors (Lipinski definition) is 4. The number of nitrogens with two attached hydrogens (primary N) is 1. The van der Waals surface area contributed by atoms with E-state index in [1.165, 1.54) is 0 Å². The Balaban J connectivity index is 0.00000176. The van der Waals surface area contributed by atoms with Gasteiger partial charge in [0.2, 0.25) is 0 Å². The van der Waals surface area contributed by atoms with Crippen molar-refractivity contribution in [1.29, 1.82) is 0 Å². The number of pyridine rings is 1. The van der Waals surface area contributed by atoms with E-state index in [0.29, 0.717) is 12.1 Å². The fourth-order valence-electron chi connectivity index (χ4n) is 2.20. The molecule has 7 nitrogen and oxygen atoms in total. The molecule has 0 saturated heterocycles. The first-order valence-corrected chi connectivity index (χ1v) is 6.35. The van der Waals surface area contributed by atoms with Gasteiger partial charge in [0.05, 0.1) is 11.8 Å². The second-order valence-electron chi connectivity index (χ2n) is 4.63. The number of amides is 1. The van der Waals surface area contributed by atoms with Crippen LogP contribution >= 0.6 is 0 Å². The maximum atomic E-state index is 11.3. The topological polar surface area (TPSA) is 126 Å². The number of primary amides is 1. The Bertz CT molecular complexity index is 801. The van der Waals surface area contributed by atoms with Crippen LogP contribution in [0.3, 0.4) is 0 Å². The van der Waals surface area contributed by atoms with Gasteiger partial charge >= 0.3 is 7.48 Å². The zero-order valence-corrected chi connectivity index (χ0v) is 11.6. The van der Waals surface area contributed by atoms with E-state index >= 15 is 0 Å². The molecular formula is C14H14BN4O3. The van der Waals surface area contributed by atoms with Gasteiger partial charge in [-0.05, 0) is 11.6 Å². The largest absolute Gasteiger partial charge is 0.450 e. The smallest absolute Gasteiger partial charge is 0.326 e. The molecule has 0 aliphatic rings. The van der Waals surface area contributed by atoms with Crippen molar-refractivity contribution in [2.24, 2.45) is 5.73 Å². The molecule has 0 bridgehead atoms. The van der Waals surface area contributed by atoms with E-state index in [0.717, 1.165) is 24.0 Å². The third-order valence-corrected chi connectivity index (χ3v) is 3.25. The van der Waals surface area contributed by atoms with Crippen LogP contribution in [0, 0.1) is 0 Å². The van der Waals surface area contributed by atoms with E-state index in [2.05, 4.69) is 9.97 Å². The molecule has 5 N–H and O–H groups in total. The van der Waals surface area contributed by atoms with Crippen molar-refractivity contribution >= 4 is 29.9 Å². The summed E-state index contributed by atoms with van der Waals surface area (Å²) in [6.45, 7) is 0.602. The molecule has 8 heteroatoms. The number of carbonyl (C=O) groups excluding carboxylic acids is 1. The molecule has 1 radical (unpaired) electrons. The number of imidazole rings is 1. The molecule has 111 valence electrons. The number of carbonyl (C=O) groups is 1. The van der Waals surface area contributed by atoms with Crippen molar-refractivity contribution in [1.82, 2.24) is 14.5 Å². The first-order valence-electron chi connectivity index (χ1n) is 6.35. The number of aromatic nitrogens is 3. The standard InChI is InChI=1S/C14H12BN4O2.H2O/c16-14(20)13-12-11(5-6-17-13)19(8-18-12)7-9-1-3-10(15-21)4-2-9;/h1-6,8,21H,7H2,(H2,16,20);1H2. The molecule has 22 heavy (non-hydrogen) atoms. The SMILES string of the molecule is NC(=O)c1nccc2c1ncn2Cc1ccc([B]O)cc1.O. The van der Waals surface area contributed by atoms with E-state index in [9.17, 15) is 4.79 Å². The lowest BCUT2D eigenvalue weighted by Gasteiger charge is -2.05. The Labute approximate surface area is 127 Å². The van der Waals surface area contributed by atoms with Crippen LogP contribution in [0.25, 0.3) is 11.0 Å². The second kappa shape index (κ2) is 6.38. The highest BCUT2D eigenvalue weighted by molar-refractivity contribution is 6.45. The molecular weight excluding hydrogens is 283 g/mol. The molecule has 0 spiro atoms. The minimum absolute atomic E-state index is 0. The summed E-state index contributed by atoms with van der Waals surface area (Å²) in [6, 6.07) is 9.29. The molecule has 3 rings (SSSR count). The Morgan fingerprint density at radius 2 is 1.95 bits per heavy atom. The quantitative estimate of drug-likeness (QED) is 0.598. The minimum Gasteiger partial charge on any atom is -0.450 e. The number of benzene rings is 1. The molecule has 0 atom stereocenters. The molecule has 0 aliphatic heterocycles. The number of nitrogens with zero attached hydrogens (tertiary/aromatic N) is 3. The van der Waals surface area contributed by atoms with Crippen LogP contribution in [0.15, 0.2) is 42.9 Å². The summed E-state index contributed by atoms with van der Waals surface area (Å²) in [7, 11) is 1.06. The summed E-state index contributed by atoms with van der Waals surface area (Å²) in [5.74, 6) is -0.589. The van der Waals surface area contributed by atoms with Crippen LogP contribution in [0.2, 0.25) is 0 Å². The van der Waals surface area contributed by atoms with E-state index in [-0.39, 0.29) is 11.2 Å². The van der Waals surface area contributed by atoms with E-state index in [1.807, 2.05) is 28.8 Å². The number of rotatable bonds is 4. The van der Waals surface area contributed by atoms with Crippen LogP contribution in [0.4, 0.5) is 0 Å². The molecule has 3 aromatic rings. The summed E-state index contributed by atoms with van der Waals surface area (Å²) in [4.78, 5) is 19.5. The maximum Gasteiger partial charge on any atom is 0.326 e. The van der Waals surface area contributed by atoms with Gasteiger partial charge in [0.15, 0.2) is 5.69 Å². The van der Waals surface area contributed by atoms with Crippen molar-refractivity contribution in [2.45, 2.75) is 6.54 Å². The maximum absolute atomic E-state index is 11.3. The average Bonchev–Trinajstić information content (AvgIpc) is 2.91. The van der Waals surface area contributed by atoms with Crippen LogP contribution in [0.1, 0.15) is 16.1 Å². The fourth-order valence-corrected chi connectivity index (χ4v) is 2.20. The van der Waals surface area contributed by atoms with Crippen LogP contribution < -0.4 is 11.2 Å². The summed E-state index contributed by atoms with van der Waals surface area (Å²) in [5, 5.41) is 8.92. The summed E-state index contributed by atoms with van der Waals surface area (Å²) < 4.78 is 1.92. The highest BCUT2D eigenvalue weighted by atomic mass is 16.2. The lowest BCUT2D eigenvalue weighted by atomic mass is 9.88. The first-order chi connectivity index (χ1) is 10.2. The van der Waals surface area contributed by atoms with Gasteiger partial charge in [0.1, 0.15) is 5.52 Å². The van der Waals surface area contributed by atoms with Gasteiger partial charge in [-0.1, -0.05) is 29.7 Å². The van der Waals surface area contributed by atoms with Gasteiger partial charge in [-0.2, -0.15) is 0 Å². The summed E-state index contributed by atoms with van der Waals surface area (Å²) >= 11 is 0. The van der Waals surface area contributed by atoms with Crippen molar-refractivity contribution in [3.63, 3.8) is 0 Å². The predicted octanol–water partition coefficient (Wildman–Crippen LogP) is -1.01. The zero-order chi connectivity index (χ0) is 14.8. The Hall–Kier alpha value is -2.71. The Kier molecular flexibility index (Phi) is 4.54. The highest BCUT2D eigenvalue weighted by Gasteiger charge is 2.12. The van der Waals surface area contributed by atoms with Gasteiger partial charge in [-0.3, -0.25) is 4.79 Å². The van der Waals surface area contributed by atoms with Crippen molar-refractivity contribution in [3.8, 4) is 0 Å². The van der Waals surface area contributed by atoms with Crippen molar-refractivity contribution in [2.75, 3.05) is 0 Å². The number of fused-ring (bicyclic) bond motifs is 1. The van der Waals surface area contributed by atoms with E-state index in [1.54, 1.807) is 18.6 Å². The van der Waals surface area contributed by atoms with Gasteiger partial charge in [-0.15, -0.1) is 0 Å². The Morgan fingerprint density at radius 3 is 2.59 bits per heavy atom. The third kappa shape index (κ3) is 2.83. The van der Waals surface area contributed by atoms with Crippen molar-refractivity contribution < 1.29 is 15.3 Å². The second-order valence-corrected chi connectivity index (χ2v) is 4.63. The van der Waals surface area contributed by atoms with Gasteiger partial charge in [-0.25, -0.2) is 9.97 Å². The number of hydrogen-bond donors (Lipinski definition) is 2. The lowest BCUT2D eigenvalue weighted by molar-refractivity contribution is 0.0997. The average molecular weight is 297 g/mol. The monoisotopic (exact) mass is 297 g/mol. The van der Waals surface area contributed by atoms with Gasteiger partial charge in [0, 0.05) is 12.7 Å². The van der Waals surface area contributed by atoms with Gasteiger partial charge < -0.3 is 20.8 Å². The normalized spacial score (nSPS) is 10.2. The van der Waals surface area contributed by atoms with Gasteiger partial charge in [0.25, 0.3) is 5.91 Å². The predicted molar refractivity (Wildman–Crippen MR) is 82.8 cm³/mol. The Morgan fingerprint density at radius 1 is 1.23 bits per heavy atom. The molecule has 2 heterocycles. The van der Waals surface area contributed by atoms with Crippen molar-refractivity contribution in [3.05, 3.63) is 54.1 Å². The third-order valence-electron chi connectivity index (χ3n) is 3.25. The molecule has 0 saturated carbocycles. The molecule has 1 aromatic carbocycles. The molecule has 1 amide bonds. The minimum atomic E-state index is -0.589. The molecule has 2 aromatic heterocycles. The van der Waals surface area contributed by atoms with Crippen LogP contribution in [-0.4, -0.2) is 38.4 Å². The summed E-state index contributed by atoms with van der Waals surface area (Å²) in [5.41, 5.74) is 8.58. The lowest BCUT2D eigenvalue weighted by Crippen LogP contribution is -2.14. The van der Waals surface area contributed by atoms with E-state index in [4.69, 9.17) is 10.8 Å². The highest BCUT2D eigenvalue weighted by Crippen LogP contribution is 2.16. The molecule has 0 unspecified atom stereocenters. The first kappa shape index (κ1) is 15.7. The summed E-state index contributed by atoms with van der Waals surface area (Å²) in [6.07, 6.45) is 3.20. The molecule has 0 aliphatic carbocycles. The van der Waals surface area contributed by atoms with Crippen LogP contribution in [-0.2, 0) is 6.54 Å². The van der Waals surface area contributed by atoms with Crippen LogP contribution in [0.5, 0.6) is 0 Å². The fraction of sp³-hybridized carbons (Fsp3) is 0.0714. The molecule has 0 fully saturated rings. The van der Waals surface area contributed by atoms with E-state index < -0.39 is 5.91 Å².